The SMILES string of the molecule is CCCCOC(=O)C1C(C)=NC(C)=C(c2nnco2)C1c1cccc(Cl)c1Cl. The lowest BCUT2D eigenvalue weighted by molar-refractivity contribution is -0.146. The third-order valence-electron chi connectivity index (χ3n) is 4.73. The summed E-state index contributed by atoms with van der Waals surface area (Å²) in [6, 6.07) is 5.34. The van der Waals surface area contributed by atoms with Gasteiger partial charge in [0.25, 0.3) is 0 Å². The molecule has 0 bridgehead atoms. The standard InChI is InChI=1S/C20H21Cl2N3O3/c1-4-5-9-27-20(26)16-12(3)24-11(2)15(19-25-23-10-28-19)17(16)13-7-6-8-14(21)18(13)22/h6-8,10,16-17H,4-5,9H2,1-3H3. The fourth-order valence-corrected chi connectivity index (χ4v) is 3.84. The first-order valence-electron chi connectivity index (χ1n) is 9.08. The van der Waals surface area contributed by atoms with E-state index in [9.17, 15) is 4.79 Å². The number of esters is 1. The molecule has 8 heteroatoms. The van der Waals surface area contributed by atoms with Crippen LogP contribution in [0.1, 0.15) is 51.0 Å². The van der Waals surface area contributed by atoms with Crippen molar-refractivity contribution in [2.24, 2.45) is 10.9 Å². The summed E-state index contributed by atoms with van der Waals surface area (Å²) < 4.78 is 11.0. The Morgan fingerprint density at radius 1 is 1.29 bits per heavy atom. The van der Waals surface area contributed by atoms with Gasteiger partial charge in [-0.3, -0.25) is 9.79 Å². The summed E-state index contributed by atoms with van der Waals surface area (Å²) in [5, 5.41) is 8.59. The first-order chi connectivity index (χ1) is 13.5. The fraction of sp³-hybridized carbons (Fsp3) is 0.400. The third kappa shape index (κ3) is 3.98. The number of hydrogen-bond donors (Lipinski definition) is 0. The number of aliphatic imine (C=N–C) groups is 1. The number of carbonyl (C=O) groups excluding carboxylic acids is 1. The highest BCUT2D eigenvalue weighted by molar-refractivity contribution is 6.42. The van der Waals surface area contributed by atoms with Crippen LogP contribution < -0.4 is 0 Å². The molecule has 0 saturated carbocycles. The van der Waals surface area contributed by atoms with Crippen LogP contribution in [0.2, 0.25) is 10.0 Å². The van der Waals surface area contributed by atoms with E-state index in [-0.39, 0.29) is 5.97 Å². The minimum absolute atomic E-state index is 0.293. The molecule has 2 aromatic rings. The number of aromatic nitrogens is 2. The number of rotatable bonds is 6. The minimum atomic E-state index is -0.668. The van der Waals surface area contributed by atoms with Crippen molar-refractivity contribution in [3.05, 3.63) is 51.8 Å². The fourth-order valence-electron chi connectivity index (χ4n) is 3.41. The largest absolute Gasteiger partial charge is 0.465 e. The van der Waals surface area contributed by atoms with Crippen molar-refractivity contribution in [2.45, 2.75) is 39.5 Å². The van der Waals surface area contributed by atoms with Crippen molar-refractivity contribution < 1.29 is 13.9 Å². The van der Waals surface area contributed by atoms with E-state index in [4.69, 9.17) is 32.4 Å². The zero-order valence-corrected chi connectivity index (χ0v) is 17.4. The summed E-state index contributed by atoms with van der Waals surface area (Å²) >= 11 is 12.8. The Morgan fingerprint density at radius 2 is 2.07 bits per heavy atom. The number of nitrogens with zero attached hydrogens (tertiary/aromatic N) is 3. The second kappa shape index (κ2) is 8.88. The Labute approximate surface area is 173 Å². The second-order valence-corrected chi connectivity index (χ2v) is 7.40. The lowest BCUT2D eigenvalue weighted by Crippen LogP contribution is -2.34. The van der Waals surface area contributed by atoms with Gasteiger partial charge in [0.05, 0.1) is 16.7 Å². The molecule has 148 valence electrons. The van der Waals surface area contributed by atoms with E-state index in [1.807, 2.05) is 26.8 Å². The normalized spacial score (nSPS) is 19.5. The lowest BCUT2D eigenvalue weighted by Gasteiger charge is -2.31. The Morgan fingerprint density at radius 3 is 2.75 bits per heavy atom. The summed E-state index contributed by atoms with van der Waals surface area (Å²) in [7, 11) is 0. The van der Waals surface area contributed by atoms with E-state index in [2.05, 4.69) is 15.2 Å². The van der Waals surface area contributed by atoms with Crippen molar-refractivity contribution in [3.8, 4) is 0 Å². The van der Waals surface area contributed by atoms with E-state index >= 15 is 0 Å². The van der Waals surface area contributed by atoms with Crippen molar-refractivity contribution in [1.29, 1.82) is 0 Å². The number of ether oxygens (including phenoxy) is 1. The molecule has 2 atom stereocenters. The van der Waals surface area contributed by atoms with Gasteiger partial charge in [0, 0.05) is 22.9 Å². The molecule has 0 aliphatic carbocycles. The average molecular weight is 422 g/mol. The summed E-state index contributed by atoms with van der Waals surface area (Å²) in [5.74, 6) is -1.24. The molecule has 1 aromatic heterocycles. The van der Waals surface area contributed by atoms with Gasteiger partial charge >= 0.3 is 5.97 Å². The van der Waals surface area contributed by atoms with Crippen LogP contribution in [0.5, 0.6) is 0 Å². The molecule has 0 saturated heterocycles. The van der Waals surface area contributed by atoms with Gasteiger partial charge in [-0.05, 0) is 31.9 Å². The summed E-state index contributed by atoms with van der Waals surface area (Å²) in [6.45, 7) is 6.04. The van der Waals surface area contributed by atoms with Crippen molar-refractivity contribution >= 4 is 40.5 Å². The molecule has 1 aliphatic heterocycles. The van der Waals surface area contributed by atoms with Crippen molar-refractivity contribution in [1.82, 2.24) is 10.2 Å². The van der Waals surface area contributed by atoms with Gasteiger partial charge in [-0.2, -0.15) is 0 Å². The molecule has 1 aromatic carbocycles. The molecular weight excluding hydrogens is 401 g/mol. The molecule has 0 N–H and O–H groups in total. The molecule has 0 fully saturated rings. The molecular formula is C20H21Cl2N3O3. The predicted molar refractivity (Wildman–Crippen MR) is 109 cm³/mol. The maximum atomic E-state index is 13.0. The van der Waals surface area contributed by atoms with Gasteiger partial charge in [-0.15, -0.1) is 10.2 Å². The van der Waals surface area contributed by atoms with Gasteiger partial charge < -0.3 is 9.15 Å². The highest BCUT2D eigenvalue weighted by Gasteiger charge is 2.42. The number of hydrogen-bond acceptors (Lipinski definition) is 6. The predicted octanol–water partition coefficient (Wildman–Crippen LogP) is 5.33. The van der Waals surface area contributed by atoms with Crippen LogP contribution in [0.15, 0.2) is 39.7 Å². The smallest absolute Gasteiger partial charge is 0.315 e. The molecule has 0 radical (unpaired) electrons. The molecule has 0 spiro atoms. The number of benzene rings is 1. The second-order valence-electron chi connectivity index (χ2n) is 6.62. The first-order valence-corrected chi connectivity index (χ1v) is 9.84. The summed E-state index contributed by atoms with van der Waals surface area (Å²) in [5.41, 5.74) is 2.65. The Balaban J connectivity index is 2.14. The van der Waals surface area contributed by atoms with Gasteiger partial charge in [-0.1, -0.05) is 48.7 Å². The first kappa shape index (κ1) is 20.6. The number of carbonyl (C=O) groups is 1. The van der Waals surface area contributed by atoms with Gasteiger partial charge in [0.1, 0.15) is 5.92 Å². The van der Waals surface area contributed by atoms with Gasteiger partial charge in [-0.25, -0.2) is 0 Å². The summed E-state index contributed by atoms with van der Waals surface area (Å²) in [4.78, 5) is 17.6. The van der Waals surface area contributed by atoms with Crippen LogP contribution in [0.4, 0.5) is 0 Å². The highest BCUT2D eigenvalue weighted by atomic mass is 35.5. The van der Waals surface area contributed by atoms with Gasteiger partial charge in [0.2, 0.25) is 12.3 Å². The molecule has 6 nitrogen and oxygen atoms in total. The maximum Gasteiger partial charge on any atom is 0.315 e. The third-order valence-corrected chi connectivity index (χ3v) is 5.56. The van der Waals surface area contributed by atoms with Crippen molar-refractivity contribution in [2.75, 3.05) is 6.61 Å². The van der Waals surface area contributed by atoms with E-state index in [0.29, 0.717) is 45.1 Å². The molecule has 0 amide bonds. The number of halogens is 2. The Hall–Kier alpha value is -2.18. The minimum Gasteiger partial charge on any atom is -0.465 e. The van der Waals surface area contributed by atoms with E-state index in [1.54, 1.807) is 12.1 Å². The molecule has 2 unspecified atom stereocenters. The highest BCUT2D eigenvalue weighted by Crippen LogP contribution is 2.47. The Bertz CT molecular complexity index is 923. The van der Waals surface area contributed by atoms with Crippen LogP contribution in [-0.4, -0.2) is 28.5 Å². The van der Waals surface area contributed by atoms with E-state index in [0.717, 1.165) is 12.8 Å². The quantitative estimate of drug-likeness (QED) is 0.465. The van der Waals surface area contributed by atoms with Crippen LogP contribution in [0, 0.1) is 5.92 Å². The molecule has 3 rings (SSSR count). The average Bonchev–Trinajstić information content (AvgIpc) is 3.17. The van der Waals surface area contributed by atoms with Crippen LogP contribution >= 0.6 is 23.2 Å². The zero-order valence-electron chi connectivity index (χ0n) is 15.9. The topological polar surface area (TPSA) is 77.6 Å². The summed E-state index contributed by atoms with van der Waals surface area (Å²) in [6.07, 6.45) is 2.97. The Kier molecular flexibility index (Phi) is 6.52. The lowest BCUT2D eigenvalue weighted by atomic mass is 9.75. The molecule has 2 heterocycles. The monoisotopic (exact) mass is 421 g/mol. The molecule has 28 heavy (non-hydrogen) atoms. The molecule has 1 aliphatic rings. The maximum absolute atomic E-state index is 13.0. The van der Waals surface area contributed by atoms with Gasteiger partial charge in [0.15, 0.2) is 0 Å². The van der Waals surface area contributed by atoms with Crippen LogP contribution in [-0.2, 0) is 9.53 Å². The van der Waals surface area contributed by atoms with E-state index < -0.39 is 11.8 Å². The number of allylic oxidation sites excluding steroid dienone is 2. The van der Waals surface area contributed by atoms with Crippen molar-refractivity contribution in [3.63, 3.8) is 0 Å². The van der Waals surface area contributed by atoms with Crippen LogP contribution in [0.25, 0.3) is 5.57 Å². The van der Waals surface area contributed by atoms with E-state index in [1.165, 1.54) is 6.39 Å². The zero-order chi connectivity index (χ0) is 20.3. The van der Waals surface area contributed by atoms with Crippen LogP contribution in [0.3, 0.4) is 0 Å². The number of unbranched alkanes of at least 4 members (excludes halogenated alkanes) is 1.